The van der Waals surface area contributed by atoms with Crippen molar-refractivity contribution in [1.82, 2.24) is 4.98 Å². The van der Waals surface area contributed by atoms with Crippen LogP contribution in [0, 0.1) is 16.7 Å². The highest BCUT2D eigenvalue weighted by molar-refractivity contribution is 5.97. The van der Waals surface area contributed by atoms with Crippen LogP contribution < -0.4 is 5.32 Å². The maximum absolute atomic E-state index is 11.4. The molecule has 1 N–H and O–H groups in total. The molecule has 124 valence electrons. The Bertz CT molecular complexity index is 842. The molecular formula is C17H18N4O3. The van der Waals surface area contributed by atoms with Crippen LogP contribution in [0.25, 0.3) is 15.7 Å². The zero-order chi connectivity index (χ0) is 17.3. The lowest BCUT2D eigenvalue weighted by Crippen LogP contribution is -2.40. The van der Waals surface area contributed by atoms with Crippen molar-refractivity contribution >= 4 is 28.0 Å². The highest BCUT2D eigenvalue weighted by atomic mass is 16.6. The first-order chi connectivity index (χ1) is 11.4. The molecule has 1 atom stereocenters. The third kappa shape index (κ3) is 3.14. The van der Waals surface area contributed by atoms with E-state index in [9.17, 15) is 10.1 Å². The van der Waals surface area contributed by atoms with Crippen molar-refractivity contribution in [2.75, 3.05) is 11.9 Å². The number of aromatic nitrogens is 1. The molecule has 0 amide bonds. The first kappa shape index (κ1) is 16.1. The van der Waals surface area contributed by atoms with E-state index in [4.69, 9.17) is 11.3 Å². The average Bonchev–Trinajstić information content (AvgIpc) is 2.53. The lowest BCUT2D eigenvalue weighted by atomic mass is 9.93. The number of anilines is 1. The van der Waals surface area contributed by atoms with Gasteiger partial charge in [0.15, 0.2) is 5.69 Å². The summed E-state index contributed by atoms with van der Waals surface area (Å²) >= 11 is 0. The van der Waals surface area contributed by atoms with Crippen LogP contribution in [-0.4, -0.2) is 28.2 Å². The van der Waals surface area contributed by atoms with E-state index in [0.29, 0.717) is 28.9 Å². The Morgan fingerprint density at radius 1 is 1.50 bits per heavy atom. The van der Waals surface area contributed by atoms with Gasteiger partial charge in [0.05, 0.1) is 22.6 Å². The van der Waals surface area contributed by atoms with E-state index in [2.05, 4.69) is 15.1 Å². The number of benzene rings is 1. The van der Waals surface area contributed by atoms with E-state index in [0.717, 1.165) is 12.8 Å². The molecule has 1 aliphatic heterocycles. The quantitative estimate of drug-likeness (QED) is 0.522. The first-order valence-electron chi connectivity index (χ1n) is 7.75. The SMILES string of the molecule is [C-]#[N+]c1ccc2ncc([N+](=O)[O-])c(NC3CCOC(C)(C)C3)c2c1. The highest BCUT2D eigenvalue weighted by Gasteiger charge is 2.30. The molecular weight excluding hydrogens is 308 g/mol. The molecule has 1 fully saturated rings. The van der Waals surface area contributed by atoms with Gasteiger partial charge in [-0.15, -0.1) is 0 Å². The van der Waals surface area contributed by atoms with Crippen LogP contribution in [-0.2, 0) is 4.74 Å². The minimum absolute atomic E-state index is 0.0645. The van der Waals surface area contributed by atoms with E-state index >= 15 is 0 Å². The third-order valence-corrected chi connectivity index (χ3v) is 4.20. The number of ether oxygens (including phenoxy) is 1. The number of nitro groups is 1. The summed E-state index contributed by atoms with van der Waals surface area (Å²) in [5.41, 5.74) is 1.14. The van der Waals surface area contributed by atoms with Crippen molar-refractivity contribution in [3.8, 4) is 0 Å². The number of nitrogens with one attached hydrogen (secondary N) is 1. The minimum Gasteiger partial charge on any atom is -0.376 e. The van der Waals surface area contributed by atoms with Crippen molar-refractivity contribution in [2.24, 2.45) is 0 Å². The van der Waals surface area contributed by atoms with Crippen LogP contribution in [0.1, 0.15) is 26.7 Å². The van der Waals surface area contributed by atoms with E-state index < -0.39 is 4.92 Å². The Labute approximate surface area is 139 Å². The summed E-state index contributed by atoms with van der Waals surface area (Å²) in [5.74, 6) is 0. The van der Waals surface area contributed by atoms with Crippen LogP contribution in [0.5, 0.6) is 0 Å². The van der Waals surface area contributed by atoms with Crippen molar-refractivity contribution < 1.29 is 9.66 Å². The van der Waals surface area contributed by atoms with E-state index in [1.165, 1.54) is 6.20 Å². The van der Waals surface area contributed by atoms with Gasteiger partial charge in [0, 0.05) is 18.0 Å². The molecule has 1 aliphatic rings. The summed E-state index contributed by atoms with van der Waals surface area (Å²) in [4.78, 5) is 18.6. The summed E-state index contributed by atoms with van der Waals surface area (Å²) in [6.07, 6.45) is 2.79. The second-order valence-corrected chi connectivity index (χ2v) is 6.53. The maximum atomic E-state index is 11.4. The zero-order valence-electron chi connectivity index (χ0n) is 13.6. The van der Waals surface area contributed by atoms with Gasteiger partial charge < -0.3 is 10.1 Å². The summed E-state index contributed by atoms with van der Waals surface area (Å²) in [5, 5.41) is 15.3. The molecule has 0 spiro atoms. The van der Waals surface area contributed by atoms with Gasteiger partial charge in [0.25, 0.3) is 0 Å². The molecule has 0 bridgehead atoms. The minimum atomic E-state index is -0.441. The van der Waals surface area contributed by atoms with Gasteiger partial charge in [0.1, 0.15) is 11.9 Å². The summed E-state index contributed by atoms with van der Waals surface area (Å²) in [6.45, 7) is 11.8. The lowest BCUT2D eigenvalue weighted by Gasteiger charge is -2.36. The van der Waals surface area contributed by atoms with Gasteiger partial charge in [-0.1, -0.05) is 6.07 Å². The third-order valence-electron chi connectivity index (χ3n) is 4.20. The number of pyridine rings is 1. The Kier molecular flexibility index (Phi) is 4.08. The number of fused-ring (bicyclic) bond motifs is 1. The second kappa shape index (κ2) is 6.06. The fourth-order valence-electron chi connectivity index (χ4n) is 3.09. The van der Waals surface area contributed by atoms with Crippen molar-refractivity contribution in [3.63, 3.8) is 0 Å². The average molecular weight is 326 g/mol. The molecule has 0 saturated carbocycles. The smallest absolute Gasteiger partial charge is 0.311 e. The molecule has 24 heavy (non-hydrogen) atoms. The molecule has 2 heterocycles. The standard InChI is InChI=1S/C17H18N4O3/c1-17(2)9-12(6-7-24-17)20-16-13-8-11(18-3)4-5-14(13)19-10-15(16)21(22)23/h4-5,8,10,12H,6-7,9H2,1-2H3,(H,19,20). The fourth-order valence-corrected chi connectivity index (χ4v) is 3.09. The van der Waals surface area contributed by atoms with Gasteiger partial charge in [-0.3, -0.25) is 10.1 Å². The van der Waals surface area contributed by atoms with Crippen molar-refractivity contribution in [1.29, 1.82) is 0 Å². The summed E-state index contributed by atoms with van der Waals surface area (Å²) in [6, 6.07) is 5.09. The molecule has 2 aromatic rings. The molecule has 7 heteroatoms. The number of rotatable bonds is 3. The fraction of sp³-hybridized carbons (Fsp3) is 0.412. The summed E-state index contributed by atoms with van der Waals surface area (Å²) in [7, 11) is 0. The largest absolute Gasteiger partial charge is 0.376 e. The first-order valence-corrected chi connectivity index (χ1v) is 7.75. The Hall–Kier alpha value is -2.72. The van der Waals surface area contributed by atoms with Gasteiger partial charge >= 0.3 is 5.69 Å². The Morgan fingerprint density at radius 2 is 2.29 bits per heavy atom. The van der Waals surface area contributed by atoms with Gasteiger partial charge in [-0.2, -0.15) is 0 Å². The van der Waals surface area contributed by atoms with E-state index in [1.54, 1.807) is 18.2 Å². The molecule has 1 aromatic carbocycles. The van der Waals surface area contributed by atoms with Crippen LogP contribution >= 0.6 is 0 Å². The van der Waals surface area contributed by atoms with Gasteiger partial charge in [-0.25, -0.2) is 9.83 Å². The van der Waals surface area contributed by atoms with Crippen LogP contribution in [0.2, 0.25) is 0 Å². The Balaban J connectivity index is 2.08. The predicted molar refractivity (Wildman–Crippen MR) is 91.3 cm³/mol. The lowest BCUT2D eigenvalue weighted by molar-refractivity contribution is -0.384. The molecule has 0 aliphatic carbocycles. The zero-order valence-corrected chi connectivity index (χ0v) is 13.6. The Morgan fingerprint density at radius 3 is 2.96 bits per heavy atom. The van der Waals surface area contributed by atoms with Gasteiger partial charge in [-0.05, 0) is 38.8 Å². The monoisotopic (exact) mass is 326 g/mol. The molecule has 1 saturated heterocycles. The van der Waals surface area contributed by atoms with Gasteiger partial charge in [0.2, 0.25) is 0 Å². The topological polar surface area (TPSA) is 81.7 Å². The molecule has 0 radical (unpaired) electrons. The van der Waals surface area contributed by atoms with Crippen LogP contribution in [0.15, 0.2) is 24.4 Å². The second-order valence-electron chi connectivity index (χ2n) is 6.53. The maximum Gasteiger partial charge on any atom is 0.311 e. The number of hydrogen-bond acceptors (Lipinski definition) is 5. The van der Waals surface area contributed by atoms with E-state index in [-0.39, 0.29) is 17.3 Å². The van der Waals surface area contributed by atoms with Crippen LogP contribution in [0.3, 0.4) is 0 Å². The molecule has 1 aromatic heterocycles. The van der Waals surface area contributed by atoms with Crippen LogP contribution in [0.4, 0.5) is 17.1 Å². The molecule has 1 unspecified atom stereocenters. The summed E-state index contributed by atoms with van der Waals surface area (Å²) < 4.78 is 5.71. The van der Waals surface area contributed by atoms with Crippen molar-refractivity contribution in [3.05, 3.63) is 45.9 Å². The number of nitrogens with zero attached hydrogens (tertiary/aromatic N) is 3. The number of hydrogen-bond donors (Lipinski definition) is 1. The molecule has 3 rings (SSSR count). The van der Waals surface area contributed by atoms with Crippen molar-refractivity contribution in [2.45, 2.75) is 38.3 Å². The predicted octanol–water partition coefficient (Wildman–Crippen LogP) is 4.06. The van der Waals surface area contributed by atoms with E-state index in [1.807, 2.05) is 13.8 Å². The molecule has 7 nitrogen and oxygen atoms in total. The highest BCUT2D eigenvalue weighted by Crippen LogP contribution is 2.36. The normalized spacial score (nSPS) is 19.6.